The van der Waals surface area contributed by atoms with Gasteiger partial charge >= 0.3 is 0 Å². The van der Waals surface area contributed by atoms with Crippen molar-refractivity contribution in [2.45, 2.75) is 109 Å². The van der Waals surface area contributed by atoms with Crippen molar-refractivity contribution in [2.24, 2.45) is 0 Å². The molecule has 1 aromatic heterocycles. The molecule has 1 N–H and O–H groups in total. The van der Waals surface area contributed by atoms with E-state index >= 15 is 0 Å². The minimum atomic E-state index is -0.901. The van der Waals surface area contributed by atoms with Crippen molar-refractivity contribution in [1.82, 2.24) is 19.7 Å². The molecule has 6 heteroatoms. The van der Waals surface area contributed by atoms with E-state index in [-0.39, 0.29) is 17.9 Å². The highest BCUT2D eigenvalue weighted by atomic mass is 16.2. The summed E-state index contributed by atoms with van der Waals surface area (Å²) in [6, 6.07) is 11.0. The predicted molar refractivity (Wildman–Crippen MR) is 145 cm³/mol. The van der Waals surface area contributed by atoms with Gasteiger partial charge in [-0.3, -0.25) is 9.59 Å². The number of piperidine rings is 1. The molecule has 2 fully saturated rings. The second-order valence-electron chi connectivity index (χ2n) is 11.7. The molecule has 2 atom stereocenters. The Morgan fingerprint density at radius 3 is 2.50 bits per heavy atom. The van der Waals surface area contributed by atoms with Crippen LogP contribution >= 0.6 is 0 Å². The van der Waals surface area contributed by atoms with E-state index in [9.17, 15) is 9.59 Å². The maximum Gasteiger partial charge on any atom is 0.271 e. The maximum absolute atomic E-state index is 14.0. The standard InChI is InChI=1S/C30H44N4O2/c1-23-13-10-11-18-32(23)19-12-20-34-28(35)27-21-24-14-8-9-17-26(24)33(27)22-30(34,2)29(36)31-25-15-6-4-3-5-7-16-25/h8-9,14,17,21,23,25H,3-7,10-13,15-16,18-20,22H2,1-2H3,(H,31,36)/t23-,30+/m1/s1. The van der Waals surface area contributed by atoms with Crippen molar-refractivity contribution in [3.8, 4) is 0 Å². The normalized spacial score (nSPS) is 26.4. The summed E-state index contributed by atoms with van der Waals surface area (Å²) in [5.41, 5.74) is 0.841. The van der Waals surface area contributed by atoms with Crippen LogP contribution < -0.4 is 5.32 Å². The Balaban J connectivity index is 1.39. The molecule has 5 rings (SSSR count). The van der Waals surface area contributed by atoms with Gasteiger partial charge in [0.05, 0.1) is 6.54 Å². The molecule has 0 spiro atoms. The monoisotopic (exact) mass is 492 g/mol. The van der Waals surface area contributed by atoms with Crippen molar-refractivity contribution in [1.29, 1.82) is 0 Å². The van der Waals surface area contributed by atoms with E-state index in [4.69, 9.17) is 0 Å². The van der Waals surface area contributed by atoms with E-state index in [1.54, 1.807) is 0 Å². The Hall–Kier alpha value is -2.34. The van der Waals surface area contributed by atoms with Crippen molar-refractivity contribution in [2.75, 3.05) is 19.6 Å². The molecular weight excluding hydrogens is 448 g/mol. The highest BCUT2D eigenvalue weighted by molar-refractivity contribution is 6.03. The van der Waals surface area contributed by atoms with Gasteiger partial charge in [-0.25, -0.2) is 0 Å². The summed E-state index contributed by atoms with van der Waals surface area (Å²) in [7, 11) is 0. The molecule has 2 amide bonds. The van der Waals surface area contributed by atoms with E-state index in [1.165, 1.54) is 51.4 Å². The van der Waals surface area contributed by atoms with Crippen LogP contribution in [0.5, 0.6) is 0 Å². The molecule has 3 heterocycles. The van der Waals surface area contributed by atoms with Crippen LogP contribution in [0.15, 0.2) is 30.3 Å². The maximum atomic E-state index is 14.0. The first-order chi connectivity index (χ1) is 17.5. The van der Waals surface area contributed by atoms with Crippen LogP contribution in [-0.4, -0.2) is 63.4 Å². The number of carbonyl (C=O) groups excluding carboxylic acids is 2. The van der Waals surface area contributed by atoms with E-state index in [0.717, 1.165) is 43.3 Å². The molecule has 2 aromatic rings. The third-order valence-corrected chi connectivity index (χ3v) is 9.03. The lowest BCUT2D eigenvalue weighted by molar-refractivity contribution is -0.133. The number of fused-ring (bicyclic) bond motifs is 3. The summed E-state index contributed by atoms with van der Waals surface area (Å²) < 4.78 is 2.08. The number of amides is 2. The lowest BCUT2D eigenvalue weighted by atomic mass is 9.92. The number of likely N-dealkylation sites (tertiary alicyclic amines) is 1. The second-order valence-corrected chi connectivity index (χ2v) is 11.7. The third kappa shape index (κ3) is 5.06. The molecule has 6 nitrogen and oxygen atoms in total. The summed E-state index contributed by atoms with van der Waals surface area (Å²) >= 11 is 0. The topological polar surface area (TPSA) is 57.6 Å². The summed E-state index contributed by atoms with van der Waals surface area (Å²) in [6.07, 6.45) is 13.0. The minimum Gasteiger partial charge on any atom is -0.351 e. The molecule has 3 aliphatic rings. The first kappa shape index (κ1) is 25.3. The molecule has 1 saturated carbocycles. The van der Waals surface area contributed by atoms with Crippen molar-refractivity contribution >= 4 is 22.7 Å². The molecule has 196 valence electrons. The van der Waals surface area contributed by atoms with Crippen LogP contribution in [0.3, 0.4) is 0 Å². The Kier molecular flexibility index (Phi) is 7.71. The predicted octanol–water partition coefficient (Wildman–Crippen LogP) is 5.35. The Labute approximate surface area is 216 Å². The molecule has 36 heavy (non-hydrogen) atoms. The Bertz CT molecular complexity index is 1070. The van der Waals surface area contributed by atoms with Crippen molar-refractivity contribution < 1.29 is 9.59 Å². The first-order valence-corrected chi connectivity index (χ1v) is 14.4. The molecule has 1 saturated heterocycles. The summed E-state index contributed by atoms with van der Waals surface area (Å²) in [5.74, 6) is -0.00402. The van der Waals surface area contributed by atoms with Crippen molar-refractivity contribution in [3.63, 3.8) is 0 Å². The fraction of sp³-hybridized carbons (Fsp3) is 0.667. The SMILES string of the molecule is C[C@@H]1CCCCN1CCCN1C(=O)c2cc3ccccc3n2C[C@@]1(C)C(=O)NC1CCCCCCC1. The largest absolute Gasteiger partial charge is 0.351 e. The van der Waals surface area contributed by atoms with Crippen LogP contribution in [0.1, 0.15) is 95.0 Å². The fourth-order valence-electron chi connectivity index (χ4n) is 6.72. The number of hydrogen-bond donors (Lipinski definition) is 1. The van der Waals surface area contributed by atoms with Crippen LogP contribution in [-0.2, 0) is 11.3 Å². The fourth-order valence-corrected chi connectivity index (χ4v) is 6.72. The van der Waals surface area contributed by atoms with Gasteiger partial charge in [-0.15, -0.1) is 0 Å². The van der Waals surface area contributed by atoms with Crippen LogP contribution in [0.2, 0.25) is 0 Å². The quantitative estimate of drug-likeness (QED) is 0.591. The van der Waals surface area contributed by atoms with E-state index in [1.807, 2.05) is 30.0 Å². The molecule has 2 aliphatic heterocycles. The van der Waals surface area contributed by atoms with Gasteiger partial charge in [0.15, 0.2) is 0 Å². The number of benzene rings is 1. The van der Waals surface area contributed by atoms with Gasteiger partial charge < -0.3 is 19.7 Å². The molecule has 1 aliphatic carbocycles. The van der Waals surface area contributed by atoms with Crippen LogP contribution in [0.25, 0.3) is 10.9 Å². The lowest BCUT2D eigenvalue weighted by Crippen LogP contribution is -2.65. The number of nitrogens with one attached hydrogen (secondary N) is 1. The number of carbonyl (C=O) groups is 2. The van der Waals surface area contributed by atoms with Gasteiger partial charge in [-0.1, -0.05) is 56.7 Å². The van der Waals surface area contributed by atoms with Gasteiger partial charge in [-0.05, 0) is 64.6 Å². The average molecular weight is 493 g/mol. The lowest BCUT2D eigenvalue weighted by Gasteiger charge is -2.45. The Morgan fingerprint density at radius 1 is 1.00 bits per heavy atom. The van der Waals surface area contributed by atoms with Gasteiger partial charge in [0.1, 0.15) is 11.2 Å². The smallest absolute Gasteiger partial charge is 0.271 e. The highest BCUT2D eigenvalue weighted by Gasteiger charge is 2.47. The molecule has 0 radical (unpaired) electrons. The number of nitrogens with zero attached hydrogens (tertiary/aromatic N) is 3. The summed E-state index contributed by atoms with van der Waals surface area (Å²) in [5, 5.41) is 4.47. The van der Waals surface area contributed by atoms with E-state index in [2.05, 4.69) is 33.8 Å². The van der Waals surface area contributed by atoms with E-state index in [0.29, 0.717) is 24.8 Å². The Morgan fingerprint density at radius 2 is 1.72 bits per heavy atom. The van der Waals surface area contributed by atoms with Gasteiger partial charge in [0, 0.05) is 36.1 Å². The molecular formula is C30H44N4O2. The van der Waals surface area contributed by atoms with Gasteiger partial charge in [0.2, 0.25) is 5.91 Å². The minimum absolute atomic E-state index is 0.0104. The van der Waals surface area contributed by atoms with Crippen molar-refractivity contribution in [3.05, 3.63) is 36.0 Å². The highest BCUT2D eigenvalue weighted by Crippen LogP contribution is 2.33. The molecule has 0 bridgehead atoms. The van der Waals surface area contributed by atoms with Gasteiger partial charge in [0.25, 0.3) is 5.91 Å². The first-order valence-electron chi connectivity index (χ1n) is 14.4. The summed E-state index contributed by atoms with van der Waals surface area (Å²) in [6.45, 7) is 7.54. The zero-order valence-electron chi connectivity index (χ0n) is 22.3. The van der Waals surface area contributed by atoms with E-state index < -0.39 is 5.54 Å². The number of hydrogen-bond acceptors (Lipinski definition) is 3. The number of para-hydroxylation sites is 1. The average Bonchev–Trinajstić information content (AvgIpc) is 3.22. The zero-order valence-corrected chi connectivity index (χ0v) is 22.3. The van der Waals surface area contributed by atoms with Gasteiger partial charge in [-0.2, -0.15) is 0 Å². The zero-order chi connectivity index (χ0) is 25.1. The summed E-state index contributed by atoms with van der Waals surface area (Å²) in [4.78, 5) is 32.4. The van der Waals surface area contributed by atoms with Crippen LogP contribution in [0.4, 0.5) is 0 Å². The number of aromatic nitrogens is 1. The number of rotatable bonds is 6. The molecule has 1 aromatic carbocycles. The molecule has 0 unspecified atom stereocenters. The second kappa shape index (κ2) is 11.0. The third-order valence-electron chi connectivity index (χ3n) is 9.03. The van der Waals surface area contributed by atoms with Crippen LogP contribution in [0, 0.1) is 0 Å².